The van der Waals surface area contributed by atoms with Crippen molar-refractivity contribution >= 4 is 19.8 Å². The van der Waals surface area contributed by atoms with Crippen molar-refractivity contribution < 1.29 is 42.1 Å². The van der Waals surface area contributed by atoms with Crippen LogP contribution in [0.25, 0.3) is 0 Å². The lowest BCUT2D eigenvalue weighted by Crippen LogP contribution is -2.37. The lowest BCUT2D eigenvalue weighted by molar-refractivity contribution is -0.870. The molecule has 0 aliphatic heterocycles. The fourth-order valence-electron chi connectivity index (χ4n) is 4.58. The number of quaternary nitrogens is 1. The maximum absolute atomic E-state index is 12.6. The predicted octanol–water partition coefficient (Wildman–Crippen LogP) is 10.1. The zero-order valence-electron chi connectivity index (χ0n) is 32.1. The maximum Gasteiger partial charge on any atom is 0.472 e. The second kappa shape index (κ2) is 32.6. The van der Waals surface area contributed by atoms with E-state index in [2.05, 4.69) is 68.5 Å². The number of carbonyl (C=O) groups excluding carboxylic acids is 2. The third-order valence-electron chi connectivity index (χ3n) is 7.56. The first-order valence-electron chi connectivity index (χ1n) is 19.0. The molecule has 2 atom stereocenters. The van der Waals surface area contributed by atoms with Gasteiger partial charge in [0.05, 0.1) is 27.7 Å². The molecule has 0 heterocycles. The van der Waals surface area contributed by atoms with Gasteiger partial charge in [-0.05, 0) is 51.4 Å². The van der Waals surface area contributed by atoms with E-state index in [1.165, 1.54) is 38.5 Å². The first-order valence-corrected chi connectivity index (χ1v) is 20.5. The number of nitrogens with zero attached hydrogens (tertiary/aromatic N) is 1. The van der Waals surface area contributed by atoms with Gasteiger partial charge in [-0.25, -0.2) is 4.57 Å². The minimum atomic E-state index is -4.38. The highest BCUT2D eigenvalue weighted by Crippen LogP contribution is 2.43. The minimum Gasteiger partial charge on any atom is -0.462 e. The molecule has 0 aromatic heterocycles. The molecule has 0 fully saturated rings. The van der Waals surface area contributed by atoms with Gasteiger partial charge >= 0.3 is 19.8 Å². The number of likely N-dealkylation sites (N-methyl/N-ethyl adjacent to an activating group) is 1. The summed E-state index contributed by atoms with van der Waals surface area (Å²) in [5.41, 5.74) is 0. The van der Waals surface area contributed by atoms with Gasteiger partial charge in [-0.1, -0.05) is 126 Å². The molecular weight excluding hydrogens is 653 g/mol. The van der Waals surface area contributed by atoms with Crippen molar-refractivity contribution in [1.29, 1.82) is 0 Å². The highest BCUT2D eigenvalue weighted by molar-refractivity contribution is 7.47. The van der Waals surface area contributed by atoms with Crippen molar-refractivity contribution in [2.75, 3.05) is 47.5 Å². The summed E-state index contributed by atoms with van der Waals surface area (Å²) in [5.74, 6) is -0.876. The zero-order valence-corrected chi connectivity index (χ0v) is 33.0. The van der Waals surface area contributed by atoms with Crippen LogP contribution in [0.2, 0.25) is 0 Å². The fourth-order valence-corrected chi connectivity index (χ4v) is 5.32. The van der Waals surface area contributed by atoms with Crippen molar-refractivity contribution in [3.8, 4) is 0 Å². The van der Waals surface area contributed by atoms with Crippen molar-refractivity contribution in [2.45, 2.75) is 136 Å². The molecule has 10 heteroatoms. The molecule has 0 rings (SSSR count). The SMILES string of the molecule is CC/C=C\C/C=C\C/C=C\C/C=C\C/C=C\CCCC(=O)O[C@H](COC(=O)CCCCCCCCCCC)COP(=O)(O)OCC[N+](C)(C)C. The average molecular weight is 725 g/mol. The van der Waals surface area contributed by atoms with Crippen LogP contribution in [0.15, 0.2) is 60.8 Å². The van der Waals surface area contributed by atoms with Crippen LogP contribution < -0.4 is 0 Å². The monoisotopic (exact) mass is 724 g/mol. The molecule has 0 saturated carbocycles. The van der Waals surface area contributed by atoms with Crippen LogP contribution in [0.1, 0.15) is 129 Å². The predicted molar refractivity (Wildman–Crippen MR) is 206 cm³/mol. The summed E-state index contributed by atoms with van der Waals surface area (Å²) in [5, 5.41) is 0. The van der Waals surface area contributed by atoms with E-state index in [0.29, 0.717) is 23.9 Å². The van der Waals surface area contributed by atoms with Gasteiger partial charge in [-0.3, -0.25) is 18.6 Å². The number of carbonyl (C=O) groups is 2. The molecule has 0 aromatic carbocycles. The molecule has 0 aliphatic rings. The number of hydrogen-bond acceptors (Lipinski definition) is 7. The number of phosphoric acid groups is 1. The van der Waals surface area contributed by atoms with E-state index >= 15 is 0 Å². The van der Waals surface area contributed by atoms with E-state index in [-0.39, 0.29) is 26.1 Å². The average Bonchev–Trinajstić information content (AvgIpc) is 3.06. The molecule has 0 aromatic rings. The Hall–Kier alpha value is -2.29. The van der Waals surface area contributed by atoms with Crippen LogP contribution in [-0.4, -0.2) is 74.9 Å². The van der Waals surface area contributed by atoms with E-state index in [9.17, 15) is 19.0 Å². The van der Waals surface area contributed by atoms with Gasteiger partial charge in [0.25, 0.3) is 0 Å². The van der Waals surface area contributed by atoms with E-state index in [4.69, 9.17) is 18.5 Å². The number of ether oxygens (including phenoxy) is 2. The second-order valence-electron chi connectivity index (χ2n) is 13.6. The number of hydrogen-bond donors (Lipinski definition) is 1. The molecule has 0 amide bonds. The van der Waals surface area contributed by atoms with Crippen LogP contribution in [0.3, 0.4) is 0 Å². The topological polar surface area (TPSA) is 108 Å². The Morgan fingerprint density at radius 3 is 1.68 bits per heavy atom. The molecule has 0 spiro atoms. The number of phosphoric ester groups is 1. The normalized spacial score (nSPS) is 14.4. The van der Waals surface area contributed by atoms with Gasteiger partial charge in [0.2, 0.25) is 0 Å². The van der Waals surface area contributed by atoms with E-state index in [0.717, 1.165) is 51.4 Å². The van der Waals surface area contributed by atoms with Gasteiger partial charge in [0, 0.05) is 12.8 Å². The van der Waals surface area contributed by atoms with E-state index in [1.807, 2.05) is 27.2 Å². The Morgan fingerprint density at radius 1 is 0.640 bits per heavy atom. The molecule has 0 saturated heterocycles. The number of rotatable bonds is 33. The summed E-state index contributed by atoms with van der Waals surface area (Å²) in [6.07, 6.45) is 37.1. The van der Waals surface area contributed by atoms with Crippen LogP contribution in [0.4, 0.5) is 0 Å². The standard InChI is InChI=1S/C40H70NO8P/c1-6-8-10-12-14-16-17-18-19-20-21-22-23-25-27-29-31-33-40(43)49-38(37-48-50(44,45)47-35-34-41(3,4)5)36-46-39(42)32-30-28-26-24-15-13-11-9-7-2/h8,10,14,16,18-19,21-22,25,27,38H,6-7,9,11-13,15,17,20,23-24,26,28-37H2,1-5H3/p+1/b10-8-,16-14-,19-18-,22-21-,27-25-/t38-/m1/s1. The Morgan fingerprint density at radius 2 is 1.14 bits per heavy atom. The minimum absolute atomic E-state index is 0.0191. The summed E-state index contributed by atoms with van der Waals surface area (Å²) in [6, 6.07) is 0. The Kier molecular flexibility index (Phi) is 31.1. The highest BCUT2D eigenvalue weighted by Gasteiger charge is 2.27. The summed E-state index contributed by atoms with van der Waals surface area (Å²) in [6.45, 7) is 4.18. The van der Waals surface area contributed by atoms with Gasteiger partial charge < -0.3 is 18.9 Å². The van der Waals surface area contributed by atoms with Gasteiger partial charge in [0.15, 0.2) is 6.10 Å². The zero-order chi connectivity index (χ0) is 37.2. The highest BCUT2D eigenvalue weighted by atomic mass is 31.2. The Bertz CT molecular complexity index is 1040. The molecule has 9 nitrogen and oxygen atoms in total. The quantitative estimate of drug-likeness (QED) is 0.0234. The van der Waals surface area contributed by atoms with E-state index in [1.54, 1.807) is 0 Å². The second-order valence-corrected chi connectivity index (χ2v) is 15.0. The van der Waals surface area contributed by atoms with Gasteiger partial charge in [-0.15, -0.1) is 0 Å². The molecule has 0 aliphatic carbocycles. The number of unbranched alkanes of at least 4 members (excludes halogenated alkanes) is 9. The van der Waals surface area contributed by atoms with Crippen molar-refractivity contribution in [3.05, 3.63) is 60.8 Å². The first-order chi connectivity index (χ1) is 24.0. The molecular formula is C40H71NO8P+. The summed E-state index contributed by atoms with van der Waals surface area (Å²) in [4.78, 5) is 35.1. The van der Waals surface area contributed by atoms with Gasteiger partial charge in [-0.2, -0.15) is 0 Å². The first kappa shape index (κ1) is 47.7. The van der Waals surface area contributed by atoms with Crippen molar-refractivity contribution in [1.82, 2.24) is 0 Å². The smallest absolute Gasteiger partial charge is 0.462 e. The molecule has 288 valence electrons. The Balaban J connectivity index is 4.55. The van der Waals surface area contributed by atoms with Crippen LogP contribution in [-0.2, 0) is 32.7 Å². The Labute approximate surface area is 305 Å². The fraction of sp³-hybridized carbons (Fsp3) is 0.700. The van der Waals surface area contributed by atoms with Crippen molar-refractivity contribution in [3.63, 3.8) is 0 Å². The molecule has 1 N–H and O–H groups in total. The van der Waals surface area contributed by atoms with Gasteiger partial charge in [0.1, 0.15) is 19.8 Å². The molecule has 1 unspecified atom stereocenters. The molecule has 50 heavy (non-hydrogen) atoms. The summed E-state index contributed by atoms with van der Waals surface area (Å²) < 4.78 is 34.0. The van der Waals surface area contributed by atoms with Crippen LogP contribution in [0.5, 0.6) is 0 Å². The third-order valence-corrected chi connectivity index (χ3v) is 8.55. The van der Waals surface area contributed by atoms with Crippen LogP contribution in [0, 0.1) is 0 Å². The number of esters is 2. The third kappa shape index (κ3) is 35.5. The van der Waals surface area contributed by atoms with Crippen molar-refractivity contribution in [2.24, 2.45) is 0 Å². The van der Waals surface area contributed by atoms with Crippen LogP contribution >= 0.6 is 7.82 Å². The molecule has 0 bridgehead atoms. The lowest BCUT2D eigenvalue weighted by atomic mass is 10.1. The lowest BCUT2D eigenvalue weighted by Gasteiger charge is -2.24. The maximum atomic E-state index is 12.6. The van der Waals surface area contributed by atoms with E-state index < -0.39 is 32.5 Å². The molecule has 0 radical (unpaired) electrons. The summed E-state index contributed by atoms with van der Waals surface area (Å²) >= 11 is 0. The summed E-state index contributed by atoms with van der Waals surface area (Å²) in [7, 11) is 1.43. The number of allylic oxidation sites excluding steroid dienone is 10. The largest absolute Gasteiger partial charge is 0.472 e.